The van der Waals surface area contributed by atoms with Crippen molar-refractivity contribution in [3.63, 3.8) is 0 Å². The number of benzene rings is 1. The SMILES string of the molecule is CNc1cc(F)cc2c1CC(=O)C(C(=O)O)=N2. The van der Waals surface area contributed by atoms with Gasteiger partial charge in [-0.3, -0.25) is 4.79 Å². The van der Waals surface area contributed by atoms with E-state index in [1.165, 1.54) is 6.07 Å². The number of nitrogens with one attached hydrogen (secondary N) is 1. The molecule has 6 heteroatoms. The summed E-state index contributed by atoms with van der Waals surface area (Å²) in [5.74, 6) is -2.50. The number of carbonyl (C=O) groups is 2. The van der Waals surface area contributed by atoms with E-state index in [9.17, 15) is 14.0 Å². The zero-order valence-corrected chi connectivity index (χ0v) is 8.95. The normalized spacial score (nSPS) is 14.0. The van der Waals surface area contributed by atoms with E-state index in [1.807, 2.05) is 0 Å². The van der Waals surface area contributed by atoms with Crippen molar-refractivity contribution in [3.05, 3.63) is 23.5 Å². The van der Waals surface area contributed by atoms with Gasteiger partial charge in [0.2, 0.25) is 0 Å². The summed E-state index contributed by atoms with van der Waals surface area (Å²) < 4.78 is 13.2. The molecule has 0 unspecified atom stereocenters. The smallest absolute Gasteiger partial charge is 0.358 e. The van der Waals surface area contributed by atoms with Gasteiger partial charge in [0.15, 0.2) is 11.5 Å². The first-order chi connectivity index (χ1) is 8.02. The van der Waals surface area contributed by atoms with E-state index >= 15 is 0 Å². The molecule has 1 aliphatic heterocycles. The van der Waals surface area contributed by atoms with E-state index in [4.69, 9.17) is 5.11 Å². The van der Waals surface area contributed by atoms with Gasteiger partial charge in [-0.1, -0.05) is 0 Å². The summed E-state index contributed by atoms with van der Waals surface area (Å²) in [6, 6.07) is 2.36. The van der Waals surface area contributed by atoms with Crippen LogP contribution in [0.3, 0.4) is 0 Å². The first-order valence-electron chi connectivity index (χ1n) is 4.88. The molecule has 2 N–H and O–H groups in total. The number of anilines is 1. The minimum absolute atomic E-state index is 0.0864. The third-order valence-corrected chi connectivity index (χ3v) is 2.50. The summed E-state index contributed by atoms with van der Waals surface area (Å²) in [5, 5.41) is 11.5. The maximum atomic E-state index is 13.2. The molecule has 1 aromatic rings. The summed E-state index contributed by atoms with van der Waals surface area (Å²) in [7, 11) is 1.59. The number of ketones is 1. The molecule has 0 radical (unpaired) electrons. The number of hydrogen-bond donors (Lipinski definition) is 2. The van der Waals surface area contributed by atoms with Gasteiger partial charge in [-0.15, -0.1) is 0 Å². The van der Waals surface area contributed by atoms with Gasteiger partial charge in [0.1, 0.15) is 5.82 Å². The first kappa shape index (κ1) is 11.3. The number of aliphatic carboxylic acids is 1. The number of halogens is 1. The molecular formula is C11H9FN2O3. The zero-order valence-electron chi connectivity index (χ0n) is 8.95. The van der Waals surface area contributed by atoms with Gasteiger partial charge in [-0.25, -0.2) is 14.2 Å². The van der Waals surface area contributed by atoms with Crippen molar-refractivity contribution in [2.24, 2.45) is 4.99 Å². The average molecular weight is 236 g/mol. The number of fused-ring (bicyclic) bond motifs is 1. The average Bonchev–Trinajstić information content (AvgIpc) is 2.27. The Hall–Kier alpha value is -2.24. The predicted octanol–water partition coefficient (Wildman–Crippen LogP) is 1.15. The van der Waals surface area contributed by atoms with Gasteiger partial charge >= 0.3 is 5.97 Å². The maximum absolute atomic E-state index is 13.2. The highest BCUT2D eigenvalue weighted by molar-refractivity contribution is 6.65. The monoisotopic (exact) mass is 236 g/mol. The van der Waals surface area contributed by atoms with E-state index in [0.29, 0.717) is 11.3 Å². The molecule has 1 heterocycles. The molecule has 0 atom stereocenters. The van der Waals surface area contributed by atoms with Crippen LogP contribution >= 0.6 is 0 Å². The number of rotatable bonds is 2. The largest absolute Gasteiger partial charge is 0.476 e. The van der Waals surface area contributed by atoms with Crippen LogP contribution in [0.4, 0.5) is 15.8 Å². The van der Waals surface area contributed by atoms with Crippen molar-refractivity contribution < 1.29 is 19.1 Å². The lowest BCUT2D eigenvalue weighted by molar-refractivity contribution is -0.130. The van der Waals surface area contributed by atoms with Crippen molar-refractivity contribution in [2.45, 2.75) is 6.42 Å². The van der Waals surface area contributed by atoms with Crippen molar-refractivity contribution >= 4 is 28.8 Å². The summed E-state index contributed by atoms with van der Waals surface area (Å²) in [5.41, 5.74) is 0.599. The number of hydrogen-bond acceptors (Lipinski definition) is 4. The Kier molecular flexibility index (Phi) is 2.63. The van der Waals surface area contributed by atoms with Gasteiger partial charge in [-0.2, -0.15) is 0 Å². The molecule has 0 saturated heterocycles. The number of carboxylic acid groups (broad SMARTS) is 1. The fraction of sp³-hybridized carbons (Fsp3) is 0.182. The minimum atomic E-state index is -1.39. The quantitative estimate of drug-likeness (QED) is 0.807. The first-order valence-corrected chi connectivity index (χ1v) is 4.88. The van der Waals surface area contributed by atoms with E-state index in [-0.39, 0.29) is 12.1 Å². The van der Waals surface area contributed by atoms with E-state index in [1.54, 1.807) is 7.05 Å². The van der Waals surface area contributed by atoms with Crippen LogP contribution in [0.25, 0.3) is 0 Å². The lowest BCUT2D eigenvalue weighted by Crippen LogP contribution is -2.28. The number of aliphatic imine (C=N–C) groups is 1. The molecule has 0 bridgehead atoms. The van der Waals surface area contributed by atoms with Crippen molar-refractivity contribution in [1.82, 2.24) is 0 Å². The molecule has 1 aliphatic rings. The Morgan fingerprint density at radius 2 is 2.24 bits per heavy atom. The minimum Gasteiger partial charge on any atom is -0.476 e. The van der Waals surface area contributed by atoms with Gasteiger partial charge in [0.05, 0.1) is 5.69 Å². The molecule has 2 rings (SSSR count). The third kappa shape index (κ3) is 1.89. The van der Waals surface area contributed by atoms with Crippen LogP contribution in [0.1, 0.15) is 5.56 Å². The zero-order chi connectivity index (χ0) is 12.6. The maximum Gasteiger partial charge on any atom is 0.358 e. The second-order valence-electron chi connectivity index (χ2n) is 3.57. The molecule has 0 amide bonds. The fourth-order valence-electron chi connectivity index (χ4n) is 1.73. The van der Waals surface area contributed by atoms with Gasteiger partial charge < -0.3 is 10.4 Å². The van der Waals surface area contributed by atoms with Crippen LogP contribution in [-0.2, 0) is 16.0 Å². The highest BCUT2D eigenvalue weighted by Gasteiger charge is 2.27. The summed E-state index contributed by atoms with van der Waals surface area (Å²) in [6.07, 6.45) is -0.0864. The van der Waals surface area contributed by atoms with Crippen molar-refractivity contribution in [3.8, 4) is 0 Å². The van der Waals surface area contributed by atoms with Crippen LogP contribution in [0.5, 0.6) is 0 Å². The Balaban J connectivity index is 2.63. The standard InChI is InChI=1S/C11H9FN2O3/c1-13-7-2-5(12)3-8-6(7)4-9(15)10(14-8)11(16)17/h2-3,13H,4H2,1H3,(H,16,17). The van der Waals surface area contributed by atoms with E-state index in [2.05, 4.69) is 10.3 Å². The van der Waals surface area contributed by atoms with E-state index < -0.39 is 23.3 Å². The van der Waals surface area contributed by atoms with Crippen LogP contribution < -0.4 is 5.32 Å². The van der Waals surface area contributed by atoms with Gasteiger partial charge in [0, 0.05) is 24.7 Å². The second kappa shape index (κ2) is 3.97. The topological polar surface area (TPSA) is 78.8 Å². The molecule has 88 valence electrons. The second-order valence-corrected chi connectivity index (χ2v) is 3.57. The lowest BCUT2D eigenvalue weighted by Gasteiger charge is -2.16. The number of carboxylic acids is 1. The molecule has 5 nitrogen and oxygen atoms in total. The highest BCUT2D eigenvalue weighted by Crippen LogP contribution is 2.32. The van der Waals surface area contributed by atoms with Crippen LogP contribution in [0.15, 0.2) is 17.1 Å². The van der Waals surface area contributed by atoms with Crippen molar-refractivity contribution in [1.29, 1.82) is 0 Å². The Morgan fingerprint density at radius 1 is 1.53 bits per heavy atom. The number of nitrogens with zero attached hydrogens (tertiary/aromatic N) is 1. The summed E-state index contributed by atoms with van der Waals surface area (Å²) in [6.45, 7) is 0. The van der Waals surface area contributed by atoms with E-state index in [0.717, 1.165) is 6.07 Å². The van der Waals surface area contributed by atoms with Gasteiger partial charge in [0.25, 0.3) is 0 Å². The van der Waals surface area contributed by atoms with Crippen LogP contribution in [0, 0.1) is 5.82 Å². The Bertz CT molecular complexity index is 552. The molecular weight excluding hydrogens is 227 g/mol. The van der Waals surface area contributed by atoms with Gasteiger partial charge in [-0.05, 0) is 12.1 Å². The molecule has 1 aromatic carbocycles. The molecule has 0 aromatic heterocycles. The van der Waals surface area contributed by atoms with Crippen molar-refractivity contribution in [2.75, 3.05) is 12.4 Å². The number of carbonyl (C=O) groups excluding carboxylic acids is 1. The highest BCUT2D eigenvalue weighted by atomic mass is 19.1. The van der Waals surface area contributed by atoms with Crippen LogP contribution in [-0.4, -0.2) is 29.6 Å². The Morgan fingerprint density at radius 3 is 2.82 bits per heavy atom. The molecule has 0 spiro atoms. The third-order valence-electron chi connectivity index (χ3n) is 2.50. The Labute approximate surface area is 96.0 Å². The van der Waals surface area contributed by atoms with Crippen LogP contribution in [0.2, 0.25) is 0 Å². The molecule has 0 fully saturated rings. The number of Topliss-reactive ketones (excluding diaryl/α,β-unsaturated/α-hetero) is 1. The summed E-state index contributed by atoms with van der Waals surface area (Å²) in [4.78, 5) is 26.0. The fourth-order valence-corrected chi connectivity index (χ4v) is 1.73. The molecule has 17 heavy (non-hydrogen) atoms. The molecule has 0 saturated carbocycles. The molecule has 0 aliphatic carbocycles. The lowest BCUT2D eigenvalue weighted by atomic mass is 9.98. The summed E-state index contributed by atoms with van der Waals surface area (Å²) >= 11 is 0. The predicted molar refractivity (Wildman–Crippen MR) is 59.4 cm³/mol.